The summed E-state index contributed by atoms with van der Waals surface area (Å²) < 4.78 is 51.5. The van der Waals surface area contributed by atoms with E-state index in [4.69, 9.17) is 5.11 Å². The first kappa shape index (κ1) is 16.5. The summed E-state index contributed by atoms with van der Waals surface area (Å²) in [6.45, 7) is 0. The fraction of sp³-hybridized carbons (Fsp3) is 0.200. The Morgan fingerprint density at radius 1 is 1.00 bits per heavy atom. The Labute approximate surface area is 128 Å². The zero-order chi connectivity index (χ0) is 16.3. The molecule has 118 valence electrons. The Morgan fingerprint density at radius 2 is 1.64 bits per heavy atom. The quantitative estimate of drug-likeness (QED) is 0.610. The molecule has 0 amide bonds. The van der Waals surface area contributed by atoms with Crippen molar-refractivity contribution in [1.82, 2.24) is 0 Å². The minimum absolute atomic E-state index is 0.0461. The van der Waals surface area contributed by atoms with E-state index in [0.717, 1.165) is 23.9 Å². The third-order valence-corrected chi connectivity index (χ3v) is 4.13. The SMILES string of the molecule is Oc1ccc(C(CC(F)(F)F)Sc2ccc(O)c(F)c2)cc1. The molecule has 0 aliphatic heterocycles. The van der Waals surface area contributed by atoms with Gasteiger partial charge in [0.15, 0.2) is 11.6 Å². The Hall–Kier alpha value is -1.89. The van der Waals surface area contributed by atoms with Crippen LogP contribution in [0.4, 0.5) is 17.6 Å². The van der Waals surface area contributed by atoms with E-state index in [1.54, 1.807) is 0 Å². The van der Waals surface area contributed by atoms with Gasteiger partial charge in [-0.25, -0.2) is 4.39 Å². The van der Waals surface area contributed by atoms with Crippen LogP contribution in [0, 0.1) is 5.82 Å². The highest BCUT2D eigenvalue weighted by Crippen LogP contribution is 2.43. The predicted molar refractivity (Wildman–Crippen MR) is 75.4 cm³/mol. The summed E-state index contributed by atoms with van der Waals surface area (Å²) in [5.41, 5.74) is 0.369. The number of aromatic hydroxyl groups is 2. The third kappa shape index (κ3) is 4.56. The van der Waals surface area contributed by atoms with Crippen molar-refractivity contribution in [3.63, 3.8) is 0 Å². The summed E-state index contributed by atoms with van der Waals surface area (Å²) in [5.74, 6) is -1.49. The first-order valence-corrected chi connectivity index (χ1v) is 7.13. The van der Waals surface area contributed by atoms with Gasteiger partial charge in [0.05, 0.1) is 6.42 Å². The zero-order valence-corrected chi connectivity index (χ0v) is 12.0. The second kappa shape index (κ2) is 6.48. The van der Waals surface area contributed by atoms with Gasteiger partial charge in [-0.1, -0.05) is 12.1 Å². The van der Waals surface area contributed by atoms with Gasteiger partial charge in [0.1, 0.15) is 5.75 Å². The standard InChI is InChI=1S/C15H12F4O2S/c16-12-7-11(5-6-13(12)21)22-14(8-15(17,18)19)9-1-3-10(20)4-2-9/h1-7,14,20-21H,8H2. The first-order chi connectivity index (χ1) is 10.2. The van der Waals surface area contributed by atoms with Crippen molar-refractivity contribution >= 4 is 11.8 Å². The summed E-state index contributed by atoms with van der Waals surface area (Å²) in [6, 6.07) is 8.84. The van der Waals surface area contributed by atoms with Gasteiger partial charge in [-0.05, 0) is 35.9 Å². The molecule has 0 saturated carbocycles. The molecule has 22 heavy (non-hydrogen) atoms. The maximum absolute atomic E-state index is 13.3. The molecule has 2 N–H and O–H groups in total. The van der Waals surface area contributed by atoms with Crippen LogP contribution >= 0.6 is 11.8 Å². The fourth-order valence-corrected chi connectivity index (χ4v) is 3.06. The molecule has 7 heteroatoms. The van der Waals surface area contributed by atoms with E-state index in [-0.39, 0.29) is 10.6 Å². The molecule has 0 saturated heterocycles. The normalized spacial score (nSPS) is 13.1. The van der Waals surface area contributed by atoms with Crippen LogP contribution in [-0.2, 0) is 0 Å². The van der Waals surface area contributed by atoms with Crippen molar-refractivity contribution in [2.24, 2.45) is 0 Å². The molecular weight excluding hydrogens is 320 g/mol. The number of benzene rings is 2. The van der Waals surface area contributed by atoms with Crippen LogP contribution in [0.1, 0.15) is 17.2 Å². The first-order valence-electron chi connectivity index (χ1n) is 6.25. The summed E-state index contributed by atoms with van der Waals surface area (Å²) in [5, 5.41) is 17.4. The Bertz CT molecular complexity index is 641. The summed E-state index contributed by atoms with van der Waals surface area (Å²) >= 11 is 0.845. The molecule has 2 aromatic rings. The smallest absolute Gasteiger partial charge is 0.390 e. The van der Waals surface area contributed by atoms with Crippen LogP contribution in [0.2, 0.25) is 0 Å². The molecule has 0 aromatic heterocycles. The fourth-order valence-electron chi connectivity index (χ4n) is 1.85. The van der Waals surface area contributed by atoms with Gasteiger partial charge in [-0.15, -0.1) is 11.8 Å². The van der Waals surface area contributed by atoms with Crippen molar-refractivity contribution in [2.45, 2.75) is 22.7 Å². The molecule has 0 heterocycles. The lowest BCUT2D eigenvalue weighted by Crippen LogP contribution is -2.12. The van der Waals surface area contributed by atoms with Gasteiger partial charge in [-0.3, -0.25) is 0 Å². The Morgan fingerprint density at radius 3 is 2.18 bits per heavy atom. The third-order valence-electron chi connectivity index (χ3n) is 2.88. The lowest BCUT2D eigenvalue weighted by Gasteiger charge is -2.19. The molecule has 0 bridgehead atoms. The van der Waals surface area contributed by atoms with Gasteiger partial charge >= 0.3 is 6.18 Å². The highest BCUT2D eigenvalue weighted by molar-refractivity contribution is 7.99. The molecular formula is C15H12F4O2S. The molecule has 2 aromatic carbocycles. The monoisotopic (exact) mass is 332 g/mol. The van der Waals surface area contributed by atoms with Gasteiger partial charge in [0.2, 0.25) is 0 Å². The van der Waals surface area contributed by atoms with E-state index in [1.807, 2.05) is 0 Å². The Balaban J connectivity index is 2.27. The number of hydrogen-bond donors (Lipinski definition) is 2. The lowest BCUT2D eigenvalue weighted by atomic mass is 10.1. The van der Waals surface area contributed by atoms with Gasteiger partial charge in [0.25, 0.3) is 0 Å². The lowest BCUT2D eigenvalue weighted by molar-refractivity contribution is -0.134. The van der Waals surface area contributed by atoms with E-state index >= 15 is 0 Å². The second-order valence-corrected chi connectivity index (χ2v) is 5.91. The predicted octanol–water partition coefficient (Wildman–Crippen LogP) is 5.02. The van der Waals surface area contributed by atoms with E-state index < -0.39 is 29.4 Å². The largest absolute Gasteiger partial charge is 0.508 e. The molecule has 0 fully saturated rings. The molecule has 0 aliphatic rings. The maximum Gasteiger partial charge on any atom is 0.390 e. The van der Waals surface area contributed by atoms with Crippen molar-refractivity contribution in [3.8, 4) is 11.5 Å². The van der Waals surface area contributed by atoms with Crippen LogP contribution in [0.15, 0.2) is 47.4 Å². The Kier molecular flexibility index (Phi) is 4.85. The summed E-state index contributed by atoms with van der Waals surface area (Å²) in [4.78, 5) is 0.276. The minimum Gasteiger partial charge on any atom is -0.508 e. The number of phenolic OH excluding ortho intramolecular Hbond substituents is 2. The molecule has 1 unspecified atom stereocenters. The molecule has 2 nitrogen and oxygen atoms in total. The number of alkyl halides is 3. The number of halogens is 4. The van der Waals surface area contributed by atoms with E-state index in [2.05, 4.69) is 0 Å². The highest BCUT2D eigenvalue weighted by atomic mass is 32.2. The average molecular weight is 332 g/mol. The maximum atomic E-state index is 13.3. The minimum atomic E-state index is -4.38. The van der Waals surface area contributed by atoms with Crippen molar-refractivity contribution < 1.29 is 27.8 Å². The number of rotatable bonds is 4. The van der Waals surface area contributed by atoms with Crippen LogP contribution < -0.4 is 0 Å². The topological polar surface area (TPSA) is 40.5 Å². The van der Waals surface area contributed by atoms with E-state index in [9.17, 15) is 22.7 Å². The molecule has 0 radical (unpaired) electrons. The van der Waals surface area contributed by atoms with Crippen molar-refractivity contribution in [3.05, 3.63) is 53.8 Å². The molecule has 0 spiro atoms. The summed E-state index contributed by atoms with van der Waals surface area (Å²) in [7, 11) is 0. The second-order valence-electron chi connectivity index (χ2n) is 4.63. The zero-order valence-electron chi connectivity index (χ0n) is 11.1. The summed E-state index contributed by atoms with van der Waals surface area (Å²) in [6.07, 6.45) is -5.48. The van der Waals surface area contributed by atoms with Crippen LogP contribution in [0.25, 0.3) is 0 Å². The number of thioether (sulfide) groups is 1. The average Bonchev–Trinajstić information content (AvgIpc) is 2.41. The molecule has 1 atom stereocenters. The molecule has 0 aliphatic carbocycles. The number of hydrogen-bond acceptors (Lipinski definition) is 3. The van der Waals surface area contributed by atoms with Crippen LogP contribution in [0.3, 0.4) is 0 Å². The van der Waals surface area contributed by atoms with Gasteiger partial charge < -0.3 is 10.2 Å². The molecule has 2 rings (SSSR count). The van der Waals surface area contributed by atoms with Gasteiger partial charge in [-0.2, -0.15) is 13.2 Å². The van der Waals surface area contributed by atoms with Crippen LogP contribution in [0.5, 0.6) is 11.5 Å². The van der Waals surface area contributed by atoms with Crippen molar-refractivity contribution in [2.75, 3.05) is 0 Å². The van der Waals surface area contributed by atoms with Gasteiger partial charge in [0, 0.05) is 10.1 Å². The van der Waals surface area contributed by atoms with Crippen molar-refractivity contribution in [1.29, 1.82) is 0 Å². The van der Waals surface area contributed by atoms with E-state index in [0.29, 0.717) is 5.56 Å². The highest BCUT2D eigenvalue weighted by Gasteiger charge is 2.33. The number of phenols is 2. The van der Waals surface area contributed by atoms with Crippen LogP contribution in [-0.4, -0.2) is 16.4 Å². The van der Waals surface area contributed by atoms with E-state index in [1.165, 1.54) is 30.3 Å².